The standard InChI is InChI=1S/C15H24N2O/c1-11-9-10-14(13(3)12(11)2)7-6-8-15(18)16-17(4)5/h9-10H,6-8H2,1-5H3,(H,16,18). The summed E-state index contributed by atoms with van der Waals surface area (Å²) < 4.78 is 0. The van der Waals surface area contributed by atoms with Gasteiger partial charge < -0.3 is 0 Å². The molecule has 0 heterocycles. The van der Waals surface area contributed by atoms with Crippen LogP contribution in [0.2, 0.25) is 0 Å². The van der Waals surface area contributed by atoms with E-state index in [1.165, 1.54) is 22.3 Å². The van der Waals surface area contributed by atoms with Crippen molar-refractivity contribution >= 4 is 5.91 Å². The highest BCUT2D eigenvalue weighted by Gasteiger charge is 2.06. The van der Waals surface area contributed by atoms with Crippen LogP contribution in [0.5, 0.6) is 0 Å². The van der Waals surface area contributed by atoms with E-state index in [1.807, 2.05) is 14.1 Å². The lowest BCUT2D eigenvalue weighted by Gasteiger charge is -2.13. The number of hydrogen-bond donors (Lipinski definition) is 1. The number of nitrogens with one attached hydrogen (secondary N) is 1. The van der Waals surface area contributed by atoms with Crippen LogP contribution in [0.1, 0.15) is 35.1 Å². The van der Waals surface area contributed by atoms with Gasteiger partial charge in [-0.2, -0.15) is 0 Å². The molecule has 1 aromatic carbocycles. The summed E-state index contributed by atoms with van der Waals surface area (Å²) in [4.78, 5) is 11.5. The first-order chi connectivity index (χ1) is 8.41. The molecule has 0 aliphatic heterocycles. The largest absolute Gasteiger partial charge is 0.289 e. The topological polar surface area (TPSA) is 32.3 Å². The second kappa shape index (κ2) is 6.55. The normalized spacial score (nSPS) is 10.8. The fourth-order valence-corrected chi connectivity index (χ4v) is 2.03. The van der Waals surface area contributed by atoms with Crippen molar-refractivity contribution in [3.05, 3.63) is 34.4 Å². The van der Waals surface area contributed by atoms with Crippen LogP contribution in [0.15, 0.2) is 12.1 Å². The number of nitrogens with zero attached hydrogens (tertiary/aromatic N) is 1. The molecule has 0 radical (unpaired) electrons. The van der Waals surface area contributed by atoms with E-state index in [4.69, 9.17) is 0 Å². The summed E-state index contributed by atoms with van der Waals surface area (Å²) in [6, 6.07) is 4.35. The van der Waals surface area contributed by atoms with Crippen molar-refractivity contribution in [1.82, 2.24) is 10.4 Å². The molecular formula is C15H24N2O. The van der Waals surface area contributed by atoms with Gasteiger partial charge in [0, 0.05) is 20.5 Å². The van der Waals surface area contributed by atoms with Crippen LogP contribution < -0.4 is 5.43 Å². The summed E-state index contributed by atoms with van der Waals surface area (Å²) in [5, 5.41) is 1.68. The summed E-state index contributed by atoms with van der Waals surface area (Å²) in [5.74, 6) is 0.0847. The quantitative estimate of drug-likeness (QED) is 0.812. The van der Waals surface area contributed by atoms with Crippen molar-refractivity contribution in [3.8, 4) is 0 Å². The Balaban J connectivity index is 2.50. The van der Waals surface area contributed by atoms with Gasteiger partial charge in [0.1, 0.15) is 0 Å². The monoisotopic (exact) mass is 248 g/mol. The third-order valence-electron chi connectivity index (χ3n) is 3.37. The molecule has 0 atom stereocenters. The molecule has 0 aliphatic rings. The first kappa shape index (κ1) is 14.7. The van der Waals surface area contributed by atoms with Crippen LogP contribution >= 0.6 is 0 Å². The minimum absolute atomic E-state index is 0.0847. The van der Waals surface area contributed by atoms with Gasteiger partial charge in [-0.05, 0) is 55.9 Å². The molecule has 0 saturated heterocycles. The van der Waals surface area contributed by atoms with Crippen LogP contribution in [-0.4, -0.2) is 25.0 Å². The molecule has 18 heavy (non-hydrogen) atoms. The Labute approximate surface area is 110 Å². The number of carbonyl (C=O) groups excluding carboxylic acids is 1. The van der Waals surface area contributed by atoms with Crippen molar-refractivity contribution in [3.63, 3.8) is 0 Å². The summed E-state index contributed by atoms with van der Waals surface area (Å²) in [6.45, 7) is 6.46. The number of benzene rings is 1. The molecule has 0 fully saturated rings. The fraction of sp³-hybridized carbons (Fsp3) is 0.533. The Hall–Kier alpha value is -1.35. The number of aryl methyl sites for hydroxylation is 2. The SMILES string of the molecule is Cc1ccc(CCCC(=O)NN(C)C)c(C)c1C. The van der Waals surface area contributed by atoms with Gasteiger partial charge in [-0.25, -0.2) is 5.01 Å². The summed E-state index contributed by atoms with van der Waals surface area (Å²) in [6.07, 6.45) is 2.43. The Morgan fingerprint density at radius 1 is 1.17 bits per heavy atom. The molecule has 1 amide bonds. The minimum Gasteiger partial charge on any atom is -0.289 e. The second-order valence-corrected chi connectivity index (χ2v) is 5.07. The van der Waals surface area contributed by atoms with E-state index in [2.05, 4.69) is 38.3 Å². The average Bonchev–Trinajstić information content (AvgIpc) is 2.28. The Morgan fingerprint density at radius 3 is 2.44 bits per heavy atom. The molecule has 3 heteroatoms. The zero-order valence-electron chi connectivity index (χ0n) is 12.1. The molecule has 0 aliphatic carbocycles. The van der Waals surface area contributed by atoms with E-state index in [1.54, 1.807) is 5.01 Å². The van der Waals surface area contributed by atoms with Gasteiger partial charge in [0.05, 0.1) is 0 Å². The highest BCUT2D eigenvalue weighted by Crippen LogP contribution is 2.18. The maximum atomic E-state index is 11.5. The van der Waals surface area contributed by atoms with Crippen molar-refractivity contribution < 1.29 is 4.79 Å². The second-order valence-electron chi connectivity index (χ2n) is 5.07. The predicted molar refractivity (Wildman–Crippen MR) is 75.4 cm³/mol. The molecule has 3 nitrogen and oxygen atoms in total. The lowest BCUT2D eigenvalue weighted by molar-refractivity contribution is -0.124. The highest BCUT2D eigenvalue weighted by atomic mass is 16.2. The molecule has 1 aromatic rings. The molecule has 1 N–H and O–H groups in total. The average molecular weight is 248 g/mol. The van der Waals surface area contributed by atoms with Gasteiger partial charge in [0.2, 0.25) is 5.91 Å². The van der Waals surface area contributed by atoms with Crippen molar-refractivity contribution in [1.29, 1.82) is 0 Å². The Kier molecular flexibility index (Phi) is 5.35. The van der Waals surface area contributed by atoms with E-state index < -0.39 is 0 Å². The summed E-state index contributed by atoms with van der Waals surface area (Å²) in [7, 11) is 3.65. The molecule has 0 saturated carbocycles. The van der Waals surface area contributed by atoms with Crippen LogP contribution in [0.4, 0.5) is 0 Å². The lowest BCUT2D eigenvalue weighted by atomic mass is 9.95. The van der Waals surface area contributed by atoms with Gasteiger partial charge in [0.25, 0.3) is 0 Å². The minimum atomic E-state index is 0.0847. The Bertz CT molecular complexity index is 425. The first-order valence-corrected chi connectivity index (χ1v) is 6.44. The zero-order chi connectivity index (χ0) is 13.7. The number of hydrazine groups is 1. The van der Waals surface area contributed by atoms with Crippen molar-refractivity contribution in [2.75, 3.05) is 14.1 Å². The lowest BCUT2D eigenvalue weighted by Crippen LogP contribution is -2.35. The maximum Gasteiger partial charge on any atom is 0.234 e. The van der Waals surface area contributed by atoms with E-state index in [9.17, 15) is 4.79 Å². The molecule has 0 unspecified atom stereocenters. The number of rotatable bonds is 5. The third kappa shape index (κ3) is 4.15. The number of amides is 1. The smallest absolute Gasteiger partial charge is 0.234 e. The van der Waals surface area contributed by atoms with Gasteiger partial charge in [-0.1, -0.05) is 12.1 Å². The number of hydrogen-bond acceptors (Lipinski definition) is 2. The van der Waals surface area contributed by atoms with Gasteiger partial charge >= 0.3 is 0 Å². The van der Waals surface area contributed by atoms with E-state index in [0.717, 1.165) is 12.8 Å². The predicted octanol–water partition coefficient (Wildman–Crippen LogP) is 2.53. The Morgan fingerprint density at radius 2 is 1.83 bits per heavy atom. The molecular weight excluding hydrogens is 224 g/mol. The summed E-state index contributed by atoms with van der Waals surface area (Å²) >= 11 is 0. The van der Waals surface area contributed by atoms with Gasteiger partial charge in [-0.3, -0.25) is 10.2 Å². The highest BCUT2D eigenvalue weighted by molar-refractivity contribution is 5.75. The van der Waals surface area contributed by atoms with Crippen LogP contribution in [-0.2, 0) is 11.2 Å². The third-order valence-corrected chi connectivity index (χ3v) is 3.37. The van der Waals surface area contributed by atoms with E-state index in [0.29, 0.717) is 6.42 Å². The number of carbonyl (C=O) groups is 1. The van der Waals surface area contributed by atoms with Crippen molar-refractivity contribution in [2.45, 2.75) is 40.0 Å². The van der Waals surface area contributed by atoms with Crippen LogP contribution in [0.3, 0.4) is 0 Å². The molecule has 0 aromatic heterocycles. The fourth-order valence-electron chi connectivity index (χ4n) is 2.03. The molecule has 1 rings (SSSR count). The summed E-state index contributed by atoms with van der Waals surface area (Å²) in [5.41, 5.74) is 8.18. The van der Waals surface area contributed by atoms with E-state index >= 15 is 0 Å². The van der Waals surface area contributed by atoms with Gasteiger partial charge in [0.15, 0.2) is 0 Å². The molecule has 0 bridgehead atoms. The maximum absolute atomic E-state index is 11.5. The first-order valence-electron chi connectivity index (χ1n) is 6.44. The molecule has 0 spiro atoms. The zero-order valence-corrected chi connectivity index (χ0v) is 12.1. The van der Waals surface area contributed by atoms with Crippen LogP contribution in [0.25, 0.3) is 0 Å². The van der Waals surface area contributed by atoms with E-state index in [-0.39, 0.29) is 5.91 Å². The van der Waals surface area contributed by atoms with Crippen LogP contribution in [0, 0.1) is 20.8 Å². The van der Waals surface area contributed by atoms with Gasteiger partial charge in [-0.15, -0.1) is 0 Å². The van der Waals surface area contributed by atoms with Crippen molar-refractivity contribution in [2.24, 2.45) is 0 Å². The molecule has 100 valence electrons.